The first-order valence-corrected chi connectivity index (χ1v) is 11.1. The van der Waals surface area contributed by atoms with Crippen LogP contribution in [0.5, 0.6) is 0 Å². The maximum atomic E-state index is 14.5. The van der Waals surface area contributed by atoms with E-state index in [-0.39, 0.29) is 15.5 Å². The van der Waals surface area contributed by atoms with E-state index in [0.29, 0.717) is 10.2 Å². The van der Waals surface area contributed by atoms with Gasteiger partial charge in [0, 0.05) is 18.7 Å². The fourth-order valence-corrected chi connectivity index (χ4v) is 5.62. The smallest absolute Gasteiger partial charge is 0.271 e. The minimum atomic E-state index is -3.80. The number of fused-ring (bicyclic) bond motifs is 1. The third-order valence-corrected chi connectivity index (χ3v) is 7.49. The number of anilines is 1. The normalized spacial score (nSPS) is 14.6. The summed E-state index contributed by atoms with van der Waals surface area (Å²) in [6, 6.07) is 7.00. The first-order valence-electron chi connectivity index (χ1n) is 8.44. The fourth-order valence-electron chi connectivity index (χ4n) is 3.09. The van der Waals surface area contributed by atoms with Crippen molar-refractivity contribution in [2.45, 2.75) is 36.4 Å². The Labute approximate surface area is 165 Å². The van der Waals surface area contributed by atoms with Crippen molar-refractivity contribution in [2.75, 3.05) is 4.72 Å². The second-order valence-corrected chi connectivity index (χ2v) is 9.89. The molecule has 0 spiro atoms. The number of sulfonamides is 1. The molecular formula is C17H16ClFN4O2S2. The number of nitrogens with one attached hydrogen (secondary N) is 1. The van der Waals surface area contributed by atoms with Crippen LogP contribution in [0.3, 0.4) is 0 Å². The average Bonchev–Trinajstić information content (AvgIpc) is 3.17. The van der Waals surface area contributed by atoms with E-state index >= 15 is 0 Å². The summed E-state index contributed by atoms with van der Waals surface area (Å²) in [6.07, 6.45) is 3.91. The number of halogens is 2. The fraction of sp³-hybridized carbons (Fsp3) is 0.294. The summed E-state index contributed by atoms with van der Waals surface area (Å²) in [4.78, 5) is 0. The maximum absolute atomic E-state index is 14.5. The predicted molar refractivity (Wildman–Crippen MR) is 103 cm³/mol. The van der Waals surface area contributed by atoms with Gasteiger partial charge in [-0.1, -0.05) is 18.0 Å². The highest BCUT2D eigenvalue weighted by molar-refractivity contribution is 7.94. The van der Waals surface area contributed by atoms with Crippen molar-refractivity contribution in [1.29, 1.82) is 0 Å². The Hall–Kier alpha value is -1.97. The molecule has 0 bridgehead atoms. The van der Waals surface area contributed by atoms with E-state index in [0.717, 1.165) is 49.4 Å². The van der Waals surface area contributed by atoms with Crippen LogP contribution in [0.2, 0.25) is 4.34 Å². The van der Waals surface area contributed by atoms with E-state index in [4.69, 9.17) is 11.6 Å². The molecule has 0 saturated carbocycles. The van der Waals surface area contributed by atoms with Crippen LogP contribution in [0.4, 0.5) is 10.1 Å². The molecule has 27 heavy (non-hydrogen) atoms. The largest absolute Gasteiger partial charge is 0.311 e. The van der Waals surface area contributed by atoms with Gasteiger partial charge in [-0.15, -0.1) is 21.5 Å². The Kier molecular flexibility index (Phi) is 4.92. The Morgan fingerprint density at radius 3 is 2.78 bits per heavy atom. The first-order chi connectivity index (χ1) is 12.9. The van der Waals surface area contributed by atoms with Gasteiger partial charge in [0.05, 0.1) is 9.90 Å². The number of aromatic nitrogens is 3. The molecule has 1 aromatic carbocycles. The van der Waals surface area contributed by atoms with Crippen molar-refractivity contribution in [3.8, 4) is 11.4 Å². The highest BCUT2D eigenvalue weighted by Crippen LogP contribution is 2.30. The molecule has 4 rings (SSSR count). The molecule has 142 valence electrons. The Morgan fingerprint density at radius 2 is 2.00 bits per heavy atom. The summed E-state index contributed by atoms with van der Waals surface area (Å²) in [5.74, 6) is 0.780. The molecule has 3 aromatic rings. The molecule has 1 aliphatic heterocycles. The van der Waals surface area contributed by atoms with Crippen LogP contribution < -0.4 is 4.72 Å². The van der Waals surface area contributed by atoms with Crippen molar-refractivity contribution in [1.82, 2.24) is 14.8 Å². The van der Waals surface area contributed by atoms with Crippen LogP contribution in [0, 0.1) is 5.82 Å². The van der Waals surface area contributed by atoms with Crippen LogP contribution in [0.15, 0.2) is 34.5 Å². The lowest BCUT2D eigenvalue weighted by Gasteiger charge is -2.11. The van der Waals surface area contributed by atoms with Gasteiger partial charge >= 0.3 is 0 Å². The van der Waals surface area contributed by atoms with Crippen LogP contribution in [0.1, 0.15) is 25.1 Å². The van der Waals surface area contributed by atoms with Gasteiger partial charge < -0.3 is 4.57 Å². The van der Waals surface area contributed by atoms with E-state index in [1.807, 2.05) is 4.57 Å². The predicted octanol–water partition coefficient (Wildman–Crippen LogP) is 4.33. The number of hydrogen-bond acceptors (Lipinski definition) is 5. The molecule has 2 aromatic heterocycles. The van der Waals surface area contributed by atoms with Gasteiger partial charge in [0.1, 0.15) is 15.9 Å². The summed E-state index contributed by atoms with van der Waals surface area (Å²) in [5, 5.41) is 8.33. The van der Waals surface area contributed by atoms with Crippen molar-refractivity contribution in [3.05, 3.63) is 46.3 Å². The number of rotatable bonds is 4. The van der Waals surface area contributed by atoms with Crippen molar-refractivity contribution < 1.29 is 12.8 Å². The lowest BCUT2D eigenvalue weighted by Crippen LogP contribution is -2.12. The second kappa shape index (κ2) is 7.21. The lowest BCUT2D eigenvalue weighted by atomic mass is 10.1. The van der Waals surface area contributed by atoms with E-state index < -0.39 is 15.8 Å². The van der Waals surface area contributed by atoms with Gasteiger partial charge in [-0.25, -0.2) is 12.8 Å². The molecule has 0 amide bonds. The van der Waals surface area contributed by atoms with Crippen molar-refractivity contribution in [2.24, 2.45) is 0 Å². The molecule has 6 nitrogen and oxygen atoms in total. The lowest BCUT2D eigenvalue weighted by molar-refractivity contribution is 0.602. The first kappa shape index (κ1) is 18.4. The van der Waals surface area contributed by atoms with Gasteiger partial charge in [-0.2, -0.15) is 0 Å². The summed E-state index contributed by atoms with van der Waals surface area (Å²) in [5.41, 5.74) is 0.474. The van der Waals surface area contributed by atoms with E-state index in [9.17, 15) is 12.8 Å². The van der Waals surface area contributed by atoms with Gasteiger partial charge in [-0.3, -0.25) is 4.72 Å². The Balaban J connectivity index is 1.70. The Bertz CT molecular complexity index is 1090. The number of nitrogens with zero attached hydrogens (tertiary/aromatic N) is 3. The van der Waals surface area contributed by atoms with Gasteiger partial charge in [0.15, 0.2) is 5.82 Å². The molecule has 1 N–H and O–H groups in total. The van der Waals surface area contributed by atoms with Crippen LogP contribution in [-0.2, 0) is 23.0 Å². The molecule has 1 aliphatic rings. The molecule has 0 fully saturated rings. The van der Waals surface area contributed by atoms with Gasteiger partial charge in [0.2, 0.25) is 0 Å². The second-order valence-electron chi connectivity index (χ2n) is 6.26. The highest BCUT2D eigenvalue weighted by Gasteiger charge is 2.21. The quantitative estimate of drug-likeness (QED) is 0.673. The minimum absolute atomic E-state index is 0.0923. The molecule has 0 aliphatic carbocycles. The molecule has 0 radical (unpaired) electrons. The highest BCUT2D eigenvalue weighted by atomic mass is 35.5. The van der Waals surface area contributed by atoms with E-state index in [1.54, 1.807) is 0 Å². The maximum Gasteiger partial charge on any atom is 0.271 e. The zero-order valence-electron chi connectivity index (χ0n) is 14.2. The minimum Gasteiger partial charge on any atom is -0.311 e. The average molecular weight is 427 g/mol. The summed E-state index contributed by atoms with van der Waals surface area (Å²) < 4.78 is 44.3. The van der Waals surface area contributed by atoms with Crippen molar-refractivity contribution in [3.63, 3.8) is 0 Å². The topological polar surface area (TPSA) is 76.9 Å². The van der Waals surface area contributed by atoms with E-state index in [2.05, 4.69) is 14.9 Å². The number of benzene rings is 1. The monoisotopic (exact) mass is 426 g/mol. The van der Waals surface area contributed by atoms with Gasteiger partial charge in [-0.05, 0) is 43.2 Å². The van der Waals surface area contributed by atoms with Crippen molar-refractivity contribution >= 4 is 38.6 Å². The molecule has 0 atom stereocenters. The zero-order chi connectivity index (χ0) is 19.0. The number of aryl methyl sites for hydroxylation is 1. The number of thiophene rings is 1. The van der Waals surface area contributed by atoms with Crippen LogP contribution in [-0.4, -0.2) is 23.2 Å². The van der Waals surface area contributed by atoms with Gasteiger partial charge in [0.25, 0.3) is 10.0 Å². The molecule has 3 heterocycles. The van der Waals surface area contributed by atoms with E-state index in [1.165, 1.54) is 30.3 Å². The summed E-state index contributed by atoms with van der Waals surface area (Å²) in [7, 11) is -3.80. The van der Waals surface area contributed by atoms with Crippen LogP contribution in [0.25, 0.3) is 11.4 Å². The third kappa shape index (κ3) is 3.71. The SMILES string of the molecule is O=S(=O)(Nc1ccc(F)c(-c2nnc3n2CCCCC3)c1)c1ccc(Cl)s1. The van der Waals surface area contributed by atoms with Crippen LogP contribution >= 0.6 is 22.9 Å². The standard InChI is InChI=1S/C17H16ClFN4O2S2/c18-14-7-8-16(26-14)27(24,25)22-11-5-6-13(19)12(10-11)17-21-20-15-4-2-1-3-9-23(15)17/h5-8,10,22H,1-4,9H2. The Morgan fingerprint density at radius 1 is 1.15 bits per heavy atom. The zero-order valence-corrected chi connectivity index (χ0v) is 16.5. The number of hydrogen-bond donors (Lipinski definition) is 1. The molecular weight excluding hydrogens is 411 g/mol. The summed E-state index contributed by atoms with van der Waals surface area (Å²) in [6.45, 7) is 0.723. The molecule has 0 saturated heterocycles. The summed E-state index contributed by atoms with van der Waals surface area (Å²) >= 11 is 6.78. The third-order valence-electron chi connectivity index (χ3n) is 4.38. The molecule has 10 heteroatoms. The molecule has 0 unspecified atom stereocenters.